The normalized spacial score (nSPS) is 11.6. The van der Waals surface area contributed by atoms with Crippen molar-refractivity contribution >= 4 is 41.1 Å². The van der Waals surface area contributed by atoms with Gasteiger partial charge in [-0.05, 0) is 30.3 Å². The van der Waals surface area contributed by atoms with Gasteiger partial charge in [0.05, 0.1) is 18.9 Å². The largest absolute Gasteiger partial charge is 0.493 e. The highest BCUT2D eigenvalue weighted by atomic mass is 32.1. The first kappa shape index (κ1) is 28.6. The van der Waals surface area contributed by atoms with Crippen molar-refractivity contribution in [2.24, 2.45) is 0 Å². The number of ether oxygens (including phenoxy) is 3. The third kappa shape index (κ3) is 6.78. The second kappa shape index (κ2) is 12.2. The monoisotopic (exact) mass is 569 g/mol. The van der Waals surface area contributed by atoms with Crippen molar-refractivity contribution in [3.05, 3.63) is 59.0 Å². The number of carbonyl (C=O) groups is 2. The van der Waals surface area contributed by atoms with Crippen molar-refractivity contribution in [2.45, 2.75) is 45.3 Å². The zero-order valence-electron chi connectivity index (χ0n) is 22.7. The van der Waals surface area contributed by atoms with Gasteiger partial charge in [0.2, 0.25) is 0 Å². The second-order valence-corrected chi connectivity index (χ2v) is 16.8. The van der Waals surface area contributed by atoms with E-state index in [4.69, 9.17) is 14.2 Å². The van der Waals surface area contributed by atoms with Crippen LogP contribution in [-0.2, 0) is 11.5 Å². The van der Waals surface area contributed by atoms with Crippen LogP contribution in [0.4, 0.5) is 4.39 Å². The highest BCUT2D eigenvalue weighted by Crippen LogP contribution is 2.34. The molecular formula is C28H32FN3O5SSi. The molecule has 0 spiro atoms. The van der Waals surface area contributed by atoms with Crippen LogP contribution >= 0.6 is 11.3 Å². The van der Waals surface area contributed by atoms with Crippen molar-refractivity contribution in [3.63, 3.8) is 0 Å². The van der Waals surface area contributed by atoms with Gasteiger partial charge in [0.15, 0.2) is 34.7 Å². The lowest BCUT2D eigenvalue weighted by molar-refractivity contribution is 0.0720. The highest BCUT2D eigenvalue weighted by molar-refractivity contribution is 7.17. The number of benzene rings is 2. The van der Waals surface area contributed by atoms with E-state index in [1.807, 2.05) is 0 Å². The Morgan fingerprint density at radius 3 is 2.49 bits per heavy atom. The number of rotatable bonds is 13. The second-order valence-electron chi connectivity index (χ2n) is 10.3. The molecule has 0 atom stereocenters. The molecule has 2 heterocycles. The average molecular weight is 570 g/mol. The molecule has 0 aliphatic rings. The maximum absolute atomic E-state index is 14.3. The minimum Gasteiger partial charge on any atom is -0.493 e. The summed E-state index contributed by atoms with van der Waals surface area (Å²) in [5, 5.41) is 7.02. The first-order valence-electron chi connectivity index (χ1n) is 12.6. The van der Waals surface area contributed by atoms with Gasteiger partial charge in [-0.3, -0.25) is 9.59 Å². The van der Waals surface area contributed by atoms with Crippen LogP contribution in [0.2, 0.25) is 25.7 Å². The maximum atomic E-state index is 14.3. The third-order valence-electron chi connectivity index (χ3n) is 6.21. The van der Waals surface area contributed by atoms with E-state index in [2.05, 4.69) is 29.7 Å². The van der Waals surface area contributed by atoms with Crippen LogP contribution in [0, 0.1) is 5.82 Å². The van der Waals surface area contributed by atoms with E-state index < -0.39 is 8.07 Å². The molecule has 0 unspecified atom stereocenters. The van der Waals surface area contributed by atoms with E-state index >= 15 is 0 Å². The maximum Gasteiger partial charge on any atom is 0.200 e. The van der Waals surface area contributed by atoms with Crippen molar-refractivity contribution < 1.29 is 28.2 Å². The first-order chi connectivity index (χ1) is 18.6. The molecule has 0 radical (unpaired) electrons. The van der Waals surface area contributed by atoms with E-state index in [0.29, 0.717) is 45.1 Å². The molecule has 0 saturated carbocycles. The number of aromatic nitrogens is 3. The molecule has 0 N–H and O–H groups in total. The number of hydrogen-bond acceptors (Lipinski definition) is 8. The lowest BCUT2D eigenvalue weighted by Crippen LogP contribution is -2.22. The summed E-state index contributed by atoms with van der Waals surface area (Å²) < 4.78 is 32.6. The molecule has 0 amide bonds. The SMILES string of the molecule is COc1ccc(C(=O)CCC(=O)c2nc(-c3csc4c(F)cccc34)nn2COCC[Si](C)(C)C)cc1OC. The molecule has 8 nitrogen and oxygen atoms in total. The minimum atomic E-state index is -1.30. The lowest BCUT2D eigenvalue weighted by Gasteiger charge is -2.15. The number of fused-ring (bicyclic) bond motifs is 1. The Morgan fingerprint density at radius 2 is 1.77 bits per heavy atom. The molecule has 206 valence electrons. The fraction of sp³-hybridized carbons (Fsp3) is 0.357. The standard InChI is InChI=1S/C28H32FN3O5SSi/c1-35-24-12-9-18(15-25(24)36-2)22(33)10-11-23(34)28-30-27(31-32(28)17-37-13-14-39(3,4)5)20-16-38-26-19(20)7-6-8-21(26)29/h6-9,12,15-16H,10-11,13-14,17H2,1-5H3. The number of halogens is 1. The van der Waals surface area contributed by atoms with Crippen LogP contribution in [0.25, 0.3) is 21.5 Å². The summed E-state index contributed by atoms with van der Waals surface area (Å²) in [7, 11) is 1.72. The zero-order chi connectivity index (χ0) is 28.2. The number of thiophene rings is 1. The molecule has 0 fully saturated rings. The quantitative estimate of drug-likeness (QED) is 0.103. The Bertz CT molecular complexity index is 1490. The first-order valence-corrected chi connectivity index (χ1v) is 17.2. The lowest BCUT2D eigenvalue weighted by atomic mass is 10.0. The Labute approximate surface area is 231 Å². The minimum absolute atomic E-state index is 0.0143. The number of hydrogen-bond donors (Lipinski definition) is 0. The van der Waals surface area contributed by atoms with Gasteiger partial charge < -0.3 is 14.2 Å². The average Bonchev–Trinajstić information content (AvgIpc) is 3.53. The van der Waals surface area contributed by atoms with Crippen molar-refractivity contribution in [1.82, 2.24) is 14.8 Å². The van der Waals surface area contributed by atoms with Crippen LogP contribution in [-0.4, -0.2) is 55.2 Å². The van der Waals surface area contributed by atoms with Crippen molar-refractivity contribution in [3.8, 4) is 22.9 Å². The molecule has 0 saturated heterocycles. The highest BCUT2D eigenvalue weighted by Gasteiger charge is 2.22. The predicted octanol–water partition coefficient (Wildman–Crippen LogP) is 6.47. The van der Waals surface area contributed by atoms with Crippen molar-refractivity contribution in [2.75, 3.05) is 20.8 Å². The number of carbonyl (C=O) groups excluding carboxylic acids is 2. The molecule has 2 aromatic heterocycles. The van der Waals surface area contributed by atoms with Crippen LogP contribution in [0.5, 0.6) is 11.5 Å². The fourth-order valence-corrected chi connectivity index (χ4v) is 5.68. The fourth-order valence-electron chi connectivity index (χ4n) is 3.97. The number of ketones is 2. The molecule has 0 bridgehead atoms. The van der Waals surface area contributed by atoms with Crippen molar-refractivity contribution in [1.29, 1.82) is 0 Å². The van der Waals surface area contributed by atoms with Gasteiger partial charge >= 0.3 is 0 Å². The van der Waals surface area contributed by atoms with E-state index in [-0.39, 0.29) is 42.8 Å². The summed E-state index contributed by atoms with van der Waals surface area (Å²) in [6, 6.07) is 10.7. The van der Waals surface area contributed by atoms with Crippen LogP contribution in [0.1, 0.15) is 33.8 Å². The third-order valence-corrected chi connectivity index (χ3v) is 8.92. The Hall–Kier alpha value is -3.41. The molecule has 11 heteroatoms. The Morgan fingerprint density at radius 1 is 1.03 bits per heavy atom. The van der Waals surface area contributed by atoms with Gasteiger partial charge in [-0.25, -0.2) is 14.1 Å². The molecule has 2 aromatic carbocycles. The van der Waals surface area contributed by atoms with Gasteiger partial charge in [-0.1, -0.05) is 31.8 Å². The molecule has 4 rings (SSSR count). The summed E-state index contributed by atoms with van der Waals surface area (Å²) in [6.07, 6.45) is -0.0706. The van der Waals surface area contributed by atoms with Gasteiger partial charge in [0, 0.05) is 49.4 Å². The summed E-state index contributed by atoms with van der Waals surface area (Å²) in [5.74, 6) is 0.518. The van der Waals surface area contributed by atoms with Gasteiger partial charge in [-0.15, -0.1) is 16.4 Å². The topological polar surface area (TPSA) is 92.5 Å². The number of nitrogens with zero attached hydrogens (tertiary/aromatic N) is 3. The van der Waals surface area contributed by atoms with E-state index in [1.165, 1.54) is 36.3 Å². The van der Waals surface area contributed by atoms with Gasteiger partial charge in [0.1, 0.15) is 12.5 Å². The van der Waals surface area contributed by atoms with E-state index in [0.717, 1.165) is 6.04 Å². The molecule has 0 aliphatic carbocycles. The zero-order valence-corrected chi connectivity index (χ0v) is 24.6. The summed E-state index contributed by atoms with van der Waals surface area (Å²) in [6.45, 7) is 7.38. The van der Waals surface area contributed by atoms with E-state index in [9.17, 15) is 14.0 Å². The number of methoxy groups -OCH3 is 2. The number of Topliss-reactive ketones (excluding diaryl/α,β-unsaturated/α-hetero) is 2. The molecule has 0 aliphatic heterocycles. The molecule has 4 aromatic rings. The Balaban J connectivity index is 1.55. The summed E-state index contributed by atoms with van der Waals surface area (Å²) >= 11 is 1.26. The van der Waals surface area contributed by atoms with E-state index in [1.54, 1.807) is 35.7 Å². The summed E-state index contributed by atoms with van der Waals surface area (Å²) in [4.78, 5) is 30.7. The van der Waals surface area contributed by atoms with Crippen LogP contribution in [0.3, 0.4) is 0 Å². The van der Waals surface area contributed by atoms with Crippen LogP contribution < -0.4 is 9.47 Å². The van der Waals surface area contributed by atoms with Gasteiger partial charge in [0.25, 0.3) is 0 Å². The van der Waals surface area contributed by atoms with Gasteiger partial charge in [-0.2, -0.15) is 0 Å². The molecular weight excluding hydrogens is 537 g/mol. The predicted molar refractivity (Wildman–Crippen MR) is 152 cm³/mol. The van der Waals surface area contributed by atoms with Crippen LogP contribution in [0.15, 0.2) is 41.8 Å². The smallest absolute Gasteiger partial charge is 0.200 e. The summed E-state index contributed by atoms with van der Waals surface area (Å²) in [5.41, 5.74) is 1.06. The molecule has 39 heavy (non-hydrogen) atoms. The Kier molecular flexibility index (Phi) is 8.93.